The molecule has 0 bridgehead atoms. The fourth-order valence-corrected chi connectivity index (χ4v) is 5.67. The minimum Gasteiger partial charge on any atom is -0.494 e. The van der Waals surface area contributed by atoms with Crippen LogP contribution in [0.2, 0.25) is 10.3 Å². The Kier molecular flexibility index (Phi) is 17.4. The predicted octanol–water partition coefficient (Wildman–Crippen LogP) is 11.4. The normalized spacial score (nSPS) is 10.7. The number of aryl methyl sites for hydroxylation is 2. The summed E-state index contributed by atoms with van der Waals surface area (Å²) >= 11 is 12.2. The molecule has 46 heavy (non-hydrogen) atoms. The van der Waals surface area contributed by atoms with Crippen molar-refractivity contribution in [3.05, 3.63) is 82.4 Å². The number of hydrogen-bond donors (Lipinski definition) is 0. The minimum absolute atomic E-state index is 0.226. The topological polar surface area (TPSA) is 70.0 Å². The van der Waals surface area contributed by atoms with Gasteiger partial charge in [-0.25, -0.2) is 19.9 Å². The van der Waals surface area contributed by atoms with E-state index in [2.05, 4.69) is 70.2 Å². The van der Waals surface area contributed by atoms with Crippen molar-refractivity contribution in [1.29, 1.82) is 0 Å². The quantitative estimate of drug-likeness (QED) is 0.0778. The van der Waals surface area contributed by atoms with E-state index >= 15 is 0 Å². The number of aromatic nitrogens is 4. The summed E-state index contributed by atoms with van der Waals surface area (Å²) < 4.78 is 10.2. The Morgan fingerprint density at radius 1 is 0.522 bits per heavy atom. The van der Waals surface area contributed by atoms with Crippen molar-refractivity contribution in [2.24, 2.45) is 0 Å². The minimum atomic E-state index is 0.226. The van der Waals surface area contributed by atoms with Crippen LogP contribution in [0.4, 0.5) is 0 Å². The smallest absolute Gasteiger partial charge is 0.193 e. The summed E-state index contributed by atoms with van der Waals surface area (Å²) in [5.41, 5.74) is 4.68. The van der Waals surface area contributed by atoms with E-state index in [1.807, 2.05) is 12.1 Å². The second kappa shape index (κ2) is 21.6. The number of hydrogen-bond acceptors (Lipinski definition) is 6. The number of benzene rings is 2. The van der Waals surface area contributed by atoms with Crippen LogP contribution in [0.15, 0.2) is 60.9 Å². The van der Waals surface area contributed by atoms with Crippen LogP contribution in [0, 0.1) is 0 Å². The van der Waals surface area contributed by atoms with Crippen molar-refractivity contribution in [3.63, 3.8) is 0 Å². The summed E-state index contributed by atoms with van der Waals surface area (Å²) in [5.74, 6) is 2.24. The molecule has 0 N–H and O–H groups in total. The summed E-state index contributed by atoms with van der Waals surface area (Å²) in [5, 5.41) is 0.451. The second-order valence-electron chi connectivity index (χ2n) is 11.5. The van der Waals surface area contributed by atoms with Crippen molar-refractivity contribution in [2.45, 2.75) is 104 Å². The Hall–Kier alpha value is -3.22. The maximum atomic E-state index is 6.08. The number of halogens is 2. The van der Waals surface area contributed by atoms with Crippen LogP contribution in [0.1, 0.15) is 102 Å². The van der Waals surface area contributed by atoms with Gasteiger partial charge in [0.15, 0.2) is 33.5 Å². The highest BCUT2D eigenvalue weighted by Crippen LogP contribution is 2.32. The first kappa shape index (κ1) is 37.2. The number of nitrogens with zero attached hydrogens (tertiary/aromatic N) is 4. The maximum Gasteiger partial charge on any atom is 0.193 e. The fourth-order valence-electron chi connectivity index (χ4n) is 5.13. The van der Waals surface area contributed by atoms with Crippen LogP contribution in [0.3, 0.4) is 0 Å². The van der Waals surface area contributed by atoms with Gasteiger partial charge >= 0.3 is 0 Å². The van der Waals surface area contributed by atoms with Crippen LogP contribution in [0.5, 0.6) is 11.5 Å². The molecule has 0 atom stereocenters. The van der Waals surface area contributed by atoms with Crippen molar-refractivity contribution in [1.82, 2.24) is 19.9 Å². The lowest BCUT2D eigenvalue weighted by Crippen LogP contribution is -1.96. The standard InChI is InChI=1S/C19H24Cl2N2O.C19H26N2O/c1-3-4-5-6-7-8-9-14-10-12-15(13-11-14)19-22-17(20)16(24-2)18(21)23-19;1-3-4-5-6-7-8-9-16-10-12-17(13-11-16)19-20-14-18(22-2)15-21-19/h10-13H,3-9H2,1-2H3;10-15H,3-9H2,1-2H3. The van der Waals surface area contributed by atoms with Gasteiger partial charge in [0.1, 0.15) is 0 Å². The van der Waals surface area contributed by atoms with E-state index in [0.29, 0.717) is 17.3 Å². The highest BCUT2D eigenvalue weighted by atomic mass is 35.5. The molecule has 0 fully saturated rings. The lowest BCUT2D eigenvalue weighted by Gasteiger charge is -2.08. The third kappa shape index (κ3) is 12.9. The molecule has 4 rings (SSSR count). The van der Waals surface area contributed by atoms with Crippen molar-refractivity contribution < 1.29 is 9.47 Å². The molecule has 0 spiro atoms. The van der Waals surface area contributed by atoms with E-state index in [1.54, 1.807) is 19.5 Å². The van der Waals surface area contributed by atoms with Gasteiger partial charge < -0.3 is 9.47 Å². The third-order valence-electron chi connectivity index (χ3n) is 7.91. The van der Waals surface area contributed by atoms with Crippen LogP contribution < -0.4 is 9.47 Å². The third-order valence-corrected chi connectivity index (χ3v) is 8.43. The molecule has 248 valence electrons. The zero-order valence-corrected chi connectivity index (χ0v) is 29.5. The van der Waals surface area contributed by atoms with Gasteiger partial charge in [-0.1, -0.05) is 150 Å². The second-order valence-corrected chi connectivity index (χ2v) is 12.3. The molecule has 8 heteroatoms. The molecular weight excluding hydrogens is 615 g/mol. The van der Waals surface area contributed by atoms with Gasteiger partial charge in [-0.2, -0.15) is 0 Å². The Morgan fingerprint density at radius 2 is 0.935 bits per heavy atom. The Labute approximate surface area is 286 Å². The predicted molar refractivity (Wildman–Crippen MR) is 192 cm³/mol. The van der Waals surface area contributed by atoms with Crippen LogP contribution in [-0.4, -0.2) is 34.2 Å². The summed E-state index contributed by atoms with van der Waals surface area (Å²) in [6.45, 7) is 4.50. The number of ether oxygens (including phenoxy) is 2. The van der Waals surface area contributed by atoms with E-state index in [9.17, 15) is 0 Å². The summed E-state index contributed by atoms with van der Waals surface area (Å²) in [6, 6.07) is 16.9. The van der Waals surface area contributed by atoms with Crippen LogP contribution in [-0.2, 0) is 12.8 Å². The first-order chi connectivity index (χ1) is 22.5. The van der Waals surface area contributed by atoms with E-state index < -0.39 is 0 Å². The number of unbranched alkanes of at least 4 members (excludes halogenated alkanes) is 10. The molecule has 0 saturated heterocycles. The van der Waals surface area contributed by atoms with Gasteiger partial charge in [-0.15, -0.1) is 0 Å². The number of rotatable bonds is 18. The Balaban J connectivity index is 0.000000251. The molecule has 6 nitrogen and oxygen atoms in total. The monoisotopic (exact) mass is 664 g/mol. The molecule has 0 aliphatic carbocycles. The summed E-state index contributed by atoms with van der Waals surface area (Å²) in [7, 11) is 3.11. The molecule has 4 aromatic rings. The van der Waals surface area contributed by atoms with E-state index in [0.717, 1.165) is 29.8 Å². The van der Waals surface area contributed by atoms with Gasteiger partial charge in [0.05, 0.1) is 26.6 Å². The highest BCUT2D eigenvalue weighted by Gasteiger charge is 2.13. The van der Waals surface area contributed by atoms with Gasteiger partial charge in [-0.05, 0) is 36.8 Å². The Morgan fingerprint density at radius 3 is 1.35 bits per heavy atom. The highest BCUT2D eigenvalue weighted by molar-refractivity contribution is 6.35. The molecule has 0 aliphatic heterocycles. The molecule has 2 aromatic carbocycles. The molecule has 0 saturated carbocycles. The largest absolute Gasteiger partial charge is 0.494 e. The summed E-state index contributed by atoms with van der Waals surface area (Å²) in [4.78, 5) is 17.1. The molecular formula is C38H50Cl2N4O2. The first-order valence-corrected chi connectivity index (χ1v) is 17.6. The Bertz CT molecular complexity index is 1380. The van der Waals surface area contributed by atoms with Gasteiger partial charge in [-0.3, -0.25) is 0 Å². The molecule has 0 aliphatic rings. The van der Waals surface area contributed by atoms with Crippen molar-refractivity contribution >= 4 is 23.2 Å². The van der Waals surface area contributed by atoms with Crippen LogP contribution >= 0.6 is 23.2 Å². The zero-order chi connectivity index (χ0) is 33.0. The van der Waals surface area contributed by atoms with Crippen molar-refractivity contribution in [2.75, 3.05) is 14.2 Å². The zero-order valence-electron chi connectivity index (χ0n) is 28.0. The maximum absolute atomic E-state index is 6.08. The van der Waals surface area contributed by atoms with Crippen LogP contribution in [0.25, 0.3) is 22.8 Å². The molecule has 2 aromatic heterocycles. The lowest BCUT2D eigenvalue weighted by atomic mass is 10.0. The van der Waals surface area contributed by atoms with Gasteiger partial charge in [0, 0.05) is 11.1 Å². The summed E-state index contributed by atoms with van der Waals surface area (Å²) in [6.07, 6.45) is 21.6. The molecule has 0 radical (unpaired) electrons. The SMILES string of the molecule is CCCCCCCCc1ccc(-c2nc(Cl)c(OC)c(Cl)n2)cc1.CCCCCCCCc1ccc(-c2ncc(OC)cn2)cc1. The van der Waals surface area contributed by atoms with E-state index in [-0.39, 0.29) is 10.3 Å². The van der Waals surface area contributed by atoms with Gasteiger partial charge in [0.25, 0.3) is 0 Å². The molecule has 0 amide bonds. The number of methoxy groups -OCH3 is 2. The first-order valence-electron chi connectivity index (χ1n) is 16.8. The van der Waals surface area contributed by atoms with Crippen molar-refractivity contribution in [3.8, 4) is 34.3 Å². The van der Waals surface area contributed by atoms with Gasteiger partial charge in [0.2, 0.25) is 0 Å². The van der Waals surface area contributed by atoms with E-state index in [1.165, 1.54) is 95.3 Å². The average molecular weight is 666 g/mol. The molecule has 0 unspecified atom stereocenters. The lowest BCUT2D eigenvalue weighted by molar-refractivity contribution is 0.411. The van der Waals surface area contributed by atoms with E-state index in [4.69, 9.17) is 32.7 Å². The molecule has 2 heterocycles. The fraction of sp³-hybridized carbons (Fsp3) is 0.474. The average Bonchev–Trinajstić information content (AvgIpc) is 3.08.